The molecule has 1 nitrogen and oxygen atoms in total. The van der Waals surface area contributed by atoms with Crippen LogP contribution in [0.2, 0.25) is 0 Å². The average Bonchev–Trinajstić information content (AvgIpc) is 2.65. The maximum atomic E-state index is 9.72. The minimum atomic E-state index is -0.515. The zero-order valence-corrected chi connectivity index (χ0v) is 11.2. The van der Waals surface area contributed by atoms with Crippen LogP contribution < -0.4 is 0 Å². The molecule has 0 heterocycles. The molecule has 92 valence electrons. The van der Waals surface area contributed by atoms with E-state index in [1.165, 1.54) is 19.3 Å². The molecular weight excluding hydrogens is 196 g/mol. The van der Waals surface area contributed by atoms with Crippen molar-refractivity contribution in [1.29, 1.82) is 0 Å². The lowest BCUT2D eigenvalue weighted by Crippen LogP contribution is -2.23. The molecule has 0 radical (unpaired) electrons. The lowest BCUT2D eigenvalue weighted by molar-refractivity contribution is 0.0719. The van der Waals surface area contributed by atoms with Crippen LogP contribution in [0.3, 0.4) is 0 Å². The summed E-state index contributed by atoms with van der Waals surface area (Å²) >= 11 is 0. The first-order valence-corrected chi connectivity index (χ1v) is 6.73. The van der Waals surface area contributed by atoms with E-state index in [9.17, 15) is 5.11 Å². The molecule has 2 aliphatic carbocycles. The predicted octanol–water partition coefficient (Wildman–Crippen LogP) is 3.92. The molecule has 1 N–H and O–H groups in total. The van der Waals surface area contributed by atoms with E-state index in [2.05, 4.69) is 19.9 Å². The van der Waals surface area contributed by atoms with Crippen molar-refractivity contribution in [1.82, 2.24) is 0 Å². The van der Waals surface area contributed by atoms with E-state index in [0.717, 1.165) is 24.7 Å². The second-order valence-electron chi connectivity index (χ2n) is 6.94. The van der Waals surface area contributed by atoms with Gasteiger partial charge in [0.2, 0.25) is 0 Å². The van der Waals surface area contributed by atoms with Gasteiger partial charge >= 0.3 is 0 Å². The molecule has 2 saturated carbocycles. The predicted molar refractivity (Wildman–Crippen MR) is 68.2 cm³/mol. The topological polar surface area (TPSA) is 20.2 Å². The number of hydrogen-bond donors (Lipinski definition) is 1. The van der Waals surface area contributed by atoms with Crippen LogP contribution in [0.5, 0.6) is 0 Å². The Balaban J connectivity index is 2.01. The van der Waals surface area contributed by atoms with Crippen molar-refractivity contribution in [2.75, 3.05) is 0 Å². The maximum Gasteiger partial charge on any atom is 0.0594 e. The standard InChI is InChI=1S/C15H26O/c1-14(2,16)9-5-6-13-11-7-8-12(10-11)15(13,3)4/h6,11-12,16H,5,7-10H2,1-4H3/b13-6+. The number of rotatable bonds is 3. The molecule has 2 atom stereocenters. The molecule has 0 amide bonds. The second kappa shape index (κ2) is 3.87. The fourth-order valence-electron chi connectivity index (χ4n) is 3.69. The highest BCUT2D eigenvalue weighted by Crippen LogP contribution is 2.59. The van der Waals surface area contributed by atoms with Crippen molar-refractivity contribution in [2.24, 2.45) is 17.3 Å². The highest BCUT2D eigenvalue weighted by atomic mass is 16.3. The summed E-state index contributed by atoms with van der Waals surface area (Å²) in [6.07, 6.45) is 8.60. The third-order valence-electron chi connectivity index (χ3n) is 4.76. The van der Waals surface area contributed by atoms with Crippen LogP contribution in [0.4, 0.5) is 0 Å². The molecule has 16 heavy (non-hydrogen) atoms. The number of aliphatic hydroxyl groups is 1. The van der Waals surface area contributed by atoms with Crippen molar-refractivity contribution in [3.8, 4) is 0 Å². The quantitative estimate of drug-likeness (QED) is 0.718. The largest absolute Gasteiger partial charge is 0.390 e. The lowest BCUT2D eigenvalue weighted by atomic mass is 9.72. The van der Waals surface area contributed by atoms with E-state index in [1.54, 1.807) is 5.57 Å². The van der Waals surface area contributed by atoms with Crippen LogP contribution in [0.1, 0.15) is 59.8 Å². The molecule has 0 aromatic carbocycles. The van der Waals surface area contributed by atoms with Gasteiger partial charge < -0.3 is 5.11 Å². The first-order valence-electron chi connectivity index (χ1n) is 6.73. The van der Waals surface area contributed by atoms with Crippen LogP contribution >= 0.6 is 0 Å². The summed E-state index contributed by atoms with van der Waals surface area (Å²) < 4.78 is 0. The minimum Gasteiger partial charge on any atom is -0.390 e. The van der Waals surface area contributed by atoms with E-state index >= 15 is 0 Å². The van der Waals surface area contributed by atoms with E-state index in [1.807, 2.05) is 13.8 Å². The summed E-state index contributed by atoms with van der Waals surface area (Å²) in [4.78, 5) is 0. The fraction of sp³-hybridized carbons (Fsp3) is 0.867. The van der Waals surface area contributed by atoms with Crippen molar-refractivity contribution < 1.29 is 5.11 Å². The van der Waals surface area contributed by atoms with Gasteiger partial charge in [0.1, 0.15) is 0 Å². The molecule has 0 aromatic heterocycles. The van der Waals surface area contributed by atoms with Crippen molar-refractivity contribution >= 4 is 0 Å². The molecule has 0 aromatic rings. The molecule has 0 saturated heterocycles. The van der Waals surface area contributed by atoms with Gasteiger partial charge in [0.15, 0.2) is 0 Å². The Morgan fingerprint density at radius 2 is 2.06 bits per heavy atom. The van der Waals surface area contributed by atoms with Crippen molar-refractivity contribution in [3.63, 3.8) is 0 Å². The number of hydrogen-bond acceptors (Lipinski definition) is 1. The van der Waals surface area contributed by atoms with E-state index in [4.69, 9.17) is 0 Å². The zero-order valence-electron chi connectivity index (χ0n) is 11.2. The Hall–Kier alpha value is -0.300. The van der Waals surface area contributed by atoms with Crippen LogP contribution in [0.15, 0.2) is 11.6 Å². The normalized spacial score (nSPS) is 34.9. The van der Waals surface area contributed by atoms with Gasteiger partial charge in [0, 0.05) is 0 Å². The molecule has 2 bridgehead atoms. The number of fused-ring (bicyclic) bond motifs is 2. The number of allylic oxidation sites excluding steroid dienone is 2. The minimum absolute atomic E-state index is 0.433. The lowest BCUT2D eigenvalue weighted by Gasteiger charge is -2.33. The van der Waals surface area contributed by atoms with Gasteiger partial charge in [-0.15, -0.1) is 0 Å². The Labute approximate surface area is 99.9 Å². The summed E-state index contributed by atoms with van der Waals surface area (Å²) in [5.74, 6) is 1.78. The fourth-order valence-corrected chi connectivity index (χ4v) is 3.69. The molecule has 2 fully saturated rings. The summed E-state index contributed by atoms with van der Waals surface area (Å²) in [6.45, 7) is 8.62. The van der Waals surface area contributed by atoms with Gasteiger partial charge in [0.25, 0.3) is 0 Å². The molecule has 0 aliphatic heterocycles. The Bertz CT molecular complexity index is 293. The summed E-state index contributed by atoms with van der Waals surface area (Å²) in [5.41, 5.74) is 1.61. The molecule has 2 unspecified atom stereocenters. The van der Waals surface area contributed by atoms with Crippen molar-refractivity contribution in [3.05, 3.63) is 11.6 Å². The maximum absolute atomic E-state index is 9.72. The van der Waals surface area contributed by atoms with Gasteiger partial charge in [-0.2, -0.15) is 0 Å². The first-order chi connectivity index (χ1) is 7.31. The van der Waals surface area contributed by atoms with E-state index in [-0.39, 0.29) is 0 Å². The third kappa shape index (κ3) is 2.20. The Morgan fingerprint density at radius 1 is 1.38 bits per heavy atom. The Kier molecular flexibility index (Phi) is 2.94. The SMILES string of the molecule is CC(C)(O)CC/C=C1\C2CCC(C2)C1(C)C. The highest BCUT2D eigenvalue weighted by Gasteiger charge is 2.48. The molecular formula is C15H26O. The first kappa shape index (κ1) is 12.2. The van der Waals surface area contributed by atoms with Crippen LogP contribution in [0, 0.1) is 17.3 Å². The Morgan fingerprint density at radius 3 is 2.56 bits per heavy atom. The van der Waals surface area contributed by atoms with Gasteiger partial charge in [0.05, 0.1) is 5.60 Å². The summed E-state index contributed by atoms with van der Waals surface area (Å²) in [7, 11) is 0. The molecule has 2 aliphatic rings. The summed E-state index contributed by atoms with van der Waals surface area (Å²) in [6, 6.07) is 0. The van der Waals surface area contributed by atoms with Gasteiger partial charge in [-0.05, 0) is 63.2 Å². The second-order valence-corrected chi connectivity index (χ2v) is 6.94. The molecule has 0 spiro atoms. The van der Waals surface area contributed by atoms with Crippen LogP contribution in [0.25, 0.3) is 0 Å². The highest BCUT2D eigenvalue weighted by molar-refractivity contribution is 5.26. The zero-order chi connectivity index (χ0) is 12.0. The van der Waals surface area contributed by atoms with Gasteiger partial charge in [-0.3, -0.25) is 0 Å². The van der Waals surface area contributed by atoms with Gasteiger partial charge in [-0.25, -0.2) is 0 Å². The van der Waals surface area contributed by atoms with Crippen molar-refractivity contribution in [2.45, 2.75) is 65.4 Å². The smallest absolute Gasteiger partial charge is 0.0594 e. The average molecular weight is 222 g/mol. The monoisotopic (exact) mass is 222 g/mol. The molecule has 1 heteroatoms. The van der Waals surface area contributed by atoms with Gasteiger partial charge in [-0.1, -0.05) is 25.5 Å². The van der Waals surface area contributed by atoms with Crippen LogP contribution in [-0.2, 0) is 0 Å². The van der Waals surface area contributed by atoms with E-state index < -0.39 is 5.60 Å². The van der Waals surface area contributed by atoms with E-state index in [0.29, 0.717) is 5.41 Å². The van der Waals surface area contributed by atoms with Crippen LogP contribution in [-0.4, -0.2) is 10.7 Å². The third-order valence-corrected chi connectivity index (χ3v) is 4.76. The summed E-state index contributed by atoms with van der Waals surface area (Å²) in [5, 5.41) is 9.72. The molecule has 2 rings (SSSR count).